The van der Waals surface area contributed by atoms with Crippen LogP contribution in [0, 0.1) is 0 Å². The maximum atomic E-state index is 12.4. The van der Waals surface area contributed by atoms with Crippen LogP contribution < -0.4 is 10.0 Å². The Morgan fingerprint density at radius 2 is 1.70 bits per heavy atom. The van der Waals surface area contributed by atoms with Gasteiger partial charge >= 0.3 is 6.03 Å². The van der Waals surface area contributed by atoms with Gasteiger partial charge in [-0.1, -0.05) is 13.0 Å². The number of benzene rings is 1. The van der Waals surface area contributed by atoms with Gasteiger partial charge in [-0.3, -0.25) is 0 Å². The second-order valence-electron chi connectivity index (χ2n) is 7.77. The van der Waals surface area contributed by atoms with Gasteiger partial charge in [0.1, 0.15) is 0 Å². The van der Waals surface area contributed by atoms with Crippen molar-refractivity contribution in [3.05, 3.63) is 28.3 Å². The molecular formula is C20H31N3O3S. The molecular weight excluding hydrogens is 362 g/mol. The number of aryl methyl sites for hydroxylation is 2. The third-order valence-corrected chi connectivity index (χ3v) is 6.84. The number of urea groups is 1. The smallest absolute Gasteiger partial charge is 0.307 e. The molecule has 7 heteroatoms. The summed E-state index contributed by atoms with van der Waals surface area (Å²) >= 11 is 0. The maximum Gasteiger partial charge on any atom is 0.332 e. The standard InChI is InChI=1S/C20H31N3O3S/c1-3-11-23(2)12-6-13-27(25,26)22-20(24)21-19-17-9-4-7-15(17)14-16-8-5-10-18(16)19/h14H,3-13H2,1-2H3,(H2,21,22,24). The van der Waals surface area contributed by atoms with Crippen LogP contribution in [0.4, 0.5) is 10.5 Å². The van der Waals surface area contributed by atoms with Crippen LogP contribution in [-0.2, 0) is 35.7 Å². The minimum Gasteiger partial charge on any atom is -0.307 e. The third kappa shape index (κ3) is 5.02. The molecule has 2 aliphatic rings. The van der Waals surface area contributed by atoms with Crippen molar-refractivity contribution in [2.45, 2.75) is 58.3 Å². The Bertz CT molecular complexity index is 773. The van der Waals surface area contributed by atoms with Crippen LogP contribution in [-0.4, -0.2) is 45.2 Å². The number of amides is 2. The number of nitrogens with one attached hydrogen (secondary N) is 2. The molecule has 1 aromatic carbocycles. The van der Waals surface area contributed by atoms with E-state index in [4.69, 9.17) is 0 Å². The number of hydrogen-bond donors (Lipinski definition) is 2. The van der Waals surface area contributed by atoms with Gasteiger partial charge in [-0.05, 0) is 93.8 Å². The average Bonchev–Trinajstić information content (AvgIpc) is 3.22. The highest BCUT2D eigenvalue weighted by molar-refractivity contribution is 7.90. The first-order valence-electron chi connectivity index (χ1n) is 10.1. The van der Waals surface area contributed by atoms with Crippen molar-refractivity contribution in [1.82, 2.24) is 9.62 Å². The monoisotopic (exact) mass is 393 g/mol. The quantitative estimate of drug-likeness (QED) is 0.712. The summed E-state index contributed by atoms with van der Waals surface area (Å²) in [7, 11) is -1.65. The van der Waals surface area contributed by atoms with E-state index in [0.717, 1.165) is 57.2 Å². The predicted octanol–water partition coefficient (Wildman–Crippen LogP) is 2.85. The lowest BCUT2D eigenvalue weighted by atomic mass is 9.99. The van der Waals surface area contributed by atoms with Crippen molar-refractivity contribution < 1.29 is 13.2 Å². The topological polar surface area (TPSA) is 78.5 Å². The molecule has 27 heavy (non-hydrogen) atoms. The van der Waals surface area contributed by atoms with Gasteiger partial charge in [0.25, 0.3) is 0 Å². The number of anilines is 1. The number of rotatable bonds is 8. The largest absolute Gasteiger partial charge is 0.332 e. The summed E-state index contributed by atoms with van der Waals surface area (Å²) in [6.07, 6.45) is 7.73. The van der Waals surface area contributed by atoms with Crippen LogP contribution >= 0.6 is 0 Å². The van der Waals surface area contributed by atoms with Crippen LogP contribution in [0.1, 0.15) is 54.9 Å². The van der Waals surface area contributed by atoms with E-state index in [-0.39, 0.29) is 5.75 Å². The molecule has 0 aromatic heterocycles. The molecule has 6 nitrogen and oxygen atoms in total. The van der Waals surface area contributed by atoms with Crippen LogP contribution in [0.5, 0.6) is 0 Å². The normalized spacial score (nSPS) is 15.7. The second-order valence-corrected chi connectivity index (χ2v) is 9.61. The highest BCUT2D eigenvalue weighted by atomic mass is 32.2. The summed E-state index contributed by atoms with van der Waals surface area (Å²) in [6.45, 7) is 3.74. The minimum absolute atomic E-state index is 0.0422. The van der Waals surface area contributed by atoms with Crippen molar-refractivity contribution in [3.63, 3.8) is 0 Å². The van der Waals surface area contributed by atoms with E-state index in [9.17, 15) is 13.2 Å². The summed E-state index contributed by atoms with van der Waals surface area (Å²) in [4.78, 5) is 14.5. The van der Waals surface area contributed by atoms with Gasteiger partial charge in [0.05, 0.1) is 5.75 Å². The molecule has 150 valence electrons. The number of hydrogen-bond acceptors (Lipinski definition) is 4. The SMILES string of the molecule is CCCN(C)CCCS(=O)(=O)NC(=O)Nc1c2c(cc3c1CCC3)CCC2. The number of nitrogens with zero attached hydrogens (tertiary/aromatic N) is 1. The Hall–Kier alpha value is -1.60. The van der Waals surface area contributed by atoms with Crippen molar-refractivity contribution in [1.29, 1.82) is 0 Å². The highest BCUT2D eigenvalue weighted by Crippen LogP contribution is 2.38. The first kappa shape index (κ1) is 20.1. The lowest BCUT2D eigenvalue weighted by molar-refractivity contribution is 0.256. The molecule has 0 radical (unpaired) electrons. The molecule has 0 bridgehead atoms. The lowest BCUT2D eigenvalue weighted by Gasteiger charge is -2.17. The first-order valence-corrected chi connectivity index (χ1v) is 11.7. The molecule has 2 amide bonds. The zero-order valence-corrected chi connectivity index (χ0v) is 17.3. The summed E-state index contributed by atoms with van der Waals surface area (Å²) in [5.41, 5.74) is 5.89. The Morgan fingerprint density at radius 1 is 1.07 bits per heavy atom. The second kappa shape index (κ2) is 8.61. The third-order valence-electron chi connectivity index (χ3n) is 5.52. The number of sulfonamides is 1. The lowest BCUT2D eigenvalue weighted by Crippen LogP contribution is -2.37. The molecule has 0 atom stereocenters. The van der Waals surface area contributed by atoms with Crippen molar-refractivity contribution in [2.75, 3.05) is 31.2 Å². The van der Waals surface area contributed by atoms with Gasteiger partial charge in [-0.25, -0.2) is 17.9 Å². The minimum atomic E-state index is -3.63. The number of carbonyl (C=O) groups excluding carboxylic acids is 1. The Labute approximate surface area is 162 Å². The highest BCUT2D eigenvalue weighted by Gasteiger charge is 2.25. The van der Waals surface area contributed by atoms with Gasteiger partial charge in [0, 0.05) is 5.69 Å². The fourth-order valence-corrected chi connectivity index (χ4v) is 5.26. The molecule has 0 spiro atoms. The molecule has 0 unspecified atom stereocenters. The maximum absolute atomic E-state index is 12.4. The van der Waals surface area contributed by atoms with E-state index in [1.165, 1.54) is 22.3 Å². The van der Waals surface area contributed by atoms with Crippen LogP contribution in [0.25, 0.3) is 0 Å². The van der Waals surface area contributed by atoms with E-state index in [0.29, 0.717) is 13.0 Å². The zero-order chi connectivity index (χ0) is 19.4. The average molecular weight is 394 g/mol. The molecule has 0 heterocycles. The fourth-order valence-electron chi connectivity index (χ4n) is 4.32. The summed E-state index contributed by atoms with van der Waals surface area (Å²) < 4.78 is 26.7. The van der Waals surface area contributed by atoms with Gasteiger partial charge in [0.15, 0.2) is 0 Å². The van der Waals surface area contributed by atoms with Gasteiger partial charge in [0.2, 0.25) is 10.0 Å². The van der Waals surface area contributed by atoms with Gasteiger partial charge < -0.3 is 10.2 Å². The van der Waals surface area contributed by atoms with E-state index < -0.39 is 16.1 Å². The summed E-state index contributed by atoms with van der Waals surface area (Å²) in [5.74, 6) is -0.0422. The Balaban J connectivity index is 1.61. The zero-order valence-electron chi connectivity index (χ0n) is 16.4. The summed E-state index contributed by atoms with van der Waals surface area (Å²) in [5, 5.41) is 2.88. The molecule has 0 saturated carbocycles. The molecule has 0 saturated heterocycles. The van der Waals surface area contributed by atoms with E-state index in [2.05, 4.69) is 27.9 Å². The van der Waals surface area contributed by atoms with E-state index >= 15 is 0 Å². The first-order chi connectivity index (χ1) is 12.9. The Kier molecular flexibility index (Phi) is 6.42. The molecule has 0 aliphatic heterocycles. The molecule has 0 fully saturated rings. The number of carbonyl (C=O) groups is 1. The Morgan fingerprint density at radius 3 is 2.30 bits per heavy atom. The van der Waals surface area contributed by atoms with Crippen LogP contribution in [0.15, 0.2) is 6.07 Å². The number of fused-ring (bicyclic) bond motifs is 2. The van der Waals surface area contributed by atoms with Crippen LogP contribution in [0.3, 0.4) is 0 Å². The fraction of sp³-hybridized carbons (Fsp3) is 0.650. The molecule has 1 aromatic rings. The van der Waals surface area contributed by atoms with E-state index in [1.807, 2.05) is 7.05 Å². The van der Waals surface area contributed by atoms with Crippen molar-refractivity contribution in [2.24, 2.45) is 0 Å². The molecule has 2 aliphatic carbocycles. The van der Waals surface area contributed by atoms with E-state index in [1.54, 1.807) is 0 Å². The van der Waals surface area contributed by atoms with Crippen molar-refractivity contribution in [3.8, 4) is 0 Å². The van der Waals surface area contributed by atoms with Gasteiger partial charge in [-0.15, -0.1) is 0 Å². The van der Waals surface area contributed by atoms with Gasteiger partial charge in [-0.2, -0.15) is 0 Å². The summed E-state index contributed by atoms with van der Waals surface area (Å²) in [6, 6.07) is 1.66. The molecule has 2 N–H and O–H groups in total. The van der Waals surface area contributed by atoms with Crippen molar-refractivity contribution >= 4 is 21.7 Å². The predicted molar refractivity (Wildman–Crippen MR) is 109 cm³/mol. The van der Waals surface area contributed by atoms with Crippen LogP contribution in [0.2, 0.25) is 0 Å². The molecule has 3 rings (SSSR count).